The molecular formula is C31H40N6O5S2. The molecule has 5 rings (SSSR count). The van der Waals surface area contributed by atoms with E-state index in [0.717, 1.165) is 28.5 Å². The fraction of sp³-hybridized carbons (Fsp3) is 0.452. The maximum absolute atomic E-state index is 13.9. The van der Waals surface area contributed by atoms with Gasteiger partial charge in [-0.25, -0.2) is 5.14 Å². The number of hydrogen-bond acceptors (Lipinski definition) is 7. The average molecular weight is 641 g/mol. The summed E-state index contributed by atoms with van der Waals surface area (Å²) in [5, 5.41) is 15.2. The Labute approximate surface area is 262 Å². The summed E-state index contributed by atoms with van der Waals surface area (Å²) in [6.45, 7) is 2.94. The standard InChI is InChI=1S/C31H40N6O5S2/c32-44(41,42)37-19-17-36(18-20-37)16-8-15-33-28(38)25(21-23-9-2-1-3-10-23)34-30(40)31(13-6-7-14-31)35-29(39)27-22-24-11-4-5-12-26(24)43-27/h1-5,9-12,22,25H,6-8,13-21H2,(H,33,38)(H,34,40)(H,35,39)(H2,32,41,42)/t25-/m1/s1. The lowest BCUT2D eigenvalue weighted by atomic mass is 9.94. The van der Waals surface area contributed by atoms with Crippen LogP contribution >= 0.6 is 11.3 Å². The number of carbonyl (C=O) groups is 3. The highest BCUT2D eigenvalue weighted by atomic mass is 32.2. The van der Waals surface area contributed by atoms with Crippen molar-refractivity contribution in [1.82, 2.24) is 25.2 Å². The molecule has 0 spiro atoms. The number of nitrogens with one attached hydrogen (secondary N) is 3. The van der Waals surface area contributed by atoms with Gasteiger partial charge in [0.2, 0.25) is 11.8 Å². The Bertz CT molecular complexity index is 1530. The Morgan fingerprint density at radius 3 is 2.32 bits per heavy atom. The molecule has 5 N–H and O–H groups in total. The van der Waals surface area contributed by atoms with Crippen LogP contribution < -0.4 is 21.1 Å². The van der Waals surface area contributed by atoms with Crippen molar-refractivity contribution in [2.45, 2.75) is 50.1 Å². The van der Waals surface area contributed by atoms with Crippen LogP contribution in [-0.2, 0) is 26.2 Å². The van der Waals surface area contributed by atoms with Gasteiger partial charge in [-0.15, -0.1) is 11.3 Å². The molecule has 0 unspecified atom stereocenters. The summed E-state index contributed by atoms with van der Waals surface area (Å²) >= 11 is 1.40. The van der Waals surface area contributed by atoms with E-state index in [1.165, 1.54) is 15.6 Å². The number of piperazine rings is 1. The van der Waals surface area contributed by atoms with E-state index >= 15 is 0 Å². The summed E-state index contributed by atoms with van der Waals surface area (Å²) in [5.41, 5.74) is -0.169. The lowest BCUT2D eigenvalue weighted by Gasteiger charge is -2.33. The quantitative estimate of drug-likeness (QED) is 0.222. The van der Waals surface area contributed by atoms with E-state index in [-0.39, 0.29) is 17.7 Å². The zero-order chi connectivity index (χ0) is 31.2. The lowest BCUT2D eigenvalue weighted by Crippen LogP contribution is -2.61. The molecule has 2 aromatic carbocycles. The summed E-state index contributed by atoms with van der Waals surface area (Å²) in [4.78, 5) is 43.4. The lowest BCUT2D eigenvalue weighted by molar-refractivity contribution is -0.132. The third kappa shape index (κ3) is 8.02. The number of nitrogens with zero attached hydrogens (tertiary/aromatic N) is 2. The number of benzene rings is 2. The number of thiophene rings is 1. The van der Waals surface area contributed by atoms with Crippen LogP contribution in [0.4, 0.5) is 0 Å². The SMILES string of the molecule is NS(=O)(=O)N1CCN(CCCNC(=O)[C@@H](Cc2ccccc2)NC(=O)C2(NC(=O)c3cc4ccccc4s3)CCCC2)CC1. The zero-order valence-electron chi connectivity index (χ0n) is 24.7. The van der Waals surface area contributed by atoms with E-state index in [4.69, 9.17) is 5.14 Å². The minimum Gasteiger partial charge on any atom is -0.354 e. The zero-order valence-corrected chi connectivity index (χ0v) is 26.3. The van der Waals surface area contributed by atoms with Gasteiger partial charge in [-0.1, -0.05) is 61.4 Å². The first kappa shape index (κ1) is 32.0. The minimum absolute atomic E-state index is 0.280. The first-order valence-electron chi connectivity index (χ1n) is 15.1. The molecule has 3 amide bonds. The van der Waals surface area contributed by atoms with Gasteiger partial charge in [-0.3, -0.25) is 14.4 Å². The Morgan fingerprint density at radius 2 is 1.64 bits per heavy atom. The first-order valence-corrected chi connectivity index (χ1v) is 17.4. The first-order chi connectivity index (χ1) is 21.1. The van der Waals surface area contributed by atoms with Crippen LogP contribution in [0.3, 0.4) is 0 Å². The predicted molar refractivity (Wildman–Crippen MR) is 171 cm³/mol. The molecule has 1 atom stereocenters. The monoisotopic (exact) mass is 640 g/mol. The molecule has 0 bridgehead atoms. The molecule has 13 heteroatoms. The summed E-state index contributed by atoms with van der Waals surface area (Å²) in [6.07, 6.45) is 3.61. The van der Waals surface area contributed by atoms with Gasteiger partial charge in [-0.05, 0) is 48.9 Å². The smallest absolute Gasteiger partial charge is 0.276 e. The number of nitrogens with two attached hydrogens (primary N) is 1. The topological polar surface area (TPSA) is 154 Å². The number of hydrogen-bond donors (Lipinski definition) is 4. The number of fused-ring (bicyclic) bond motifs is 1. The summed E-state index contributed by atoms with van der Waals surface area (Å²) in [5.74, 6) is -0.907. The summed E-state index contributed by atoms with van der Waals surface area (Å²) in [7, 11) is -3.68. The third-order valence-corrected chi connectivity index (χ3v) is 10.6. The Hall–Kier alpha value is -3.36. The molecule has 2 fully saturated rings. The Balaban J connectivity index is 1.20. The van der Waals surface area contributed by atoms with Crippen molar-refractivity contribution in [3.05, 3.63) is 71.1 Å². The largest absolute Gasteiger partial charge is 0.354 e. The summed E-state index contributed by atoms with van der Waals surface area (Å²) < 4.78 is 25.4. The molecule has 2 heterocycles. The van der Waals surface area contributed by atoms with Gasteiger partial charge < -0.3 is 20.9 Å². The molecule has 1 saturated carbocycles. The minimum atomic E-state index is -3.68. The molecule has 44 heavy (non-hydrogen) atoms. The fourth-order valence-corrected chi connectivity index (χ4v) is 7.59. The highest BCUT2D eigenvalue weighted by molar-refractivity contribution is 7.86. The van der Waals surface area contributed by atoms with Gasteiger partial charge in [0, 0.05) is 43.8 Å². The molecule has 1 aromatic heterocycles. The van der Waals surface area contributed by atoms with Crippen LogP contribution in [0.1, 0.15) is 47.3 Å². The van der Waals surface area contributed by atoms with Crippen molar-refractivity contribution in [3.63, 3.8) is 0 Å². The van der Waals surface area contributed by atoms with Crippen molar-refractivity contribution in [2.75, 3.05) is 39.3 Å². The molecule has 3 aromatic rings. The second-order valence-electron chi connectivity index (χ2n) is 11.5. The van der Waals surface area contributed by atoms with Crippen molar-refractivity contribution in [2.24, 2.45) is 5.14 Å². The maximum atomic E-state index is 13.9. The highest BCUT2D eigenvalue weighted by Crippen LogP contribution is 2.32. The molecule has 2 aliphatic rings. The van der Waals surface area contributed by atoms with E-state index in [9.17, 15) is 22.8 Å². The van der Waals surface area contributed by atoms with Crippen LogP contribution in [0.25, 0.3) is 10.1 Å². The van der Waals surface area contributed by atoms with Gasteiger partial charge in [-0.2, -0.15) is 12.7 Å². The molecule has 1 saturated heterocycles. The second-order valence-corrected chi connectivity index (χ2v) is 14.2. The van der Waals surface area contributed by atoms with Crippen molar-refractivity contribution in [1.29, 1.82) is 0 Å². The van der Waals surface area contributed by atoms with Crippen molar-refractivity contribution in [3.8, 4) is 0 Å². The predicted octanol–water partition coefficient (Wildman–Crippen LogP) is 2.00. The van der Waals surface area contributed by atoms with Gasteiger partial charge >= 0.3 is 0 Å². The van der Waals surface area contributed by atoms with E-state index in [2.05, 4.69) is 20.9 Å². The van der Waals surface area contributed by atoms with E-state index in [1.807, 2.05) is 60.7 Å². The van der Waals surface area contributed by atoms with Gasteiger partial charge in [0.05, 0.1) is 4.88 Å². The van der Waals surface area contributed by atoms with E-state index in [1.54, 1.807) is 0 Å². The van der Waals surface area contributed by atoms with E-state index in [0.29, 0.717) is 69.8 Å². The van der Waals surface area contributed by atoms with Crippen LogP contribution in [0.15, 0.2) is 60.7 Å². The second kappa shape index (κ2) is 14.2. The van der Waals surface area contributed by atoms with Gasteiger partial charge in [0.1, 0.15) is 11.6 Å². The van der Waals surface area contributed by atoms with Gasteiger partial charge in [0.15, 0.2) is 0 Å². The van der Waals surface area contributed by atoms with Crippen LogP contribution in [0, 0.1) is 0 Å². The molecule has 11 nitrogen and oxygen atoms in total. The Kier molecular flexibility index (Phi) is 10.3. The number of rotatable bonds is 12. The van der Waals surface area contributed by atoms with Crippen LogP contribution in [0.5, 0.6) is 0 Å². The molecule has 1 aliphatic heterocycles. The normalized spacial score (nSPS) is 18.1. The molecule has 236 valence electrons. The third-order valence-electron chi connectivity index (χ3n) is 8.44. The molecule has 1 aliphatic carbocycles. The molecule has 0 radical (unpaired) electrons. The van der Waals surface area contributed by atoms with Gasteiger partial charge in [0.25, 0.3) is 16.1 Å². The fourth-order valence-electron chi connectivity index (χ4n) is 5.96. The van der Waals surface area contributed by atoms with Crippen LogP contribution in [-0.4, -0.2) is 86.2 Å². The number of amides is 3. The van der Waals surface area contributed by atoms with Crippen LogP contribution in [0.2, 0.25) is 0 Å². The van der Waals surface area contributed by atoms with Crippen molar-refractivity contribution < 1.29 is 22.8 Å². The van der Waals surface area contributed by atoms with E-state index < -0.39 is 21.8 Å². The maximum Gasteiger partial charge on any atom is 0.276 e. The highest BCUT2D eigenvalue weighted by Gasteiger charge is 2.44. The van der Waals surface area contributed by atoms with Crippen molar-refractivity contribution >= 4 is 49.4 Å². The summed E-state index contributed by atoms with van der Waals surface area (Å²) in [6, 6.07) is 18.3. The Morgan fingerprint density at radius 1 is 0.955 bits per heavy atom. The number of carbonyl (C=O) groups excluding carboxylic acids is 3. The molecular weight excluding hydrogens is 601 g/mol. The average Bonchev–Trinajstić information content (AvgIpc) is 3.67.